The third-order valence-electron chi connectivity index (χ3n) is 2.86. The molecule has 2 aromatic rings. The molecule has 5 heteroatoms. The van der Waals surface area contributed by atoms with Gasteiger partial charge in [-0.05, 0) is 31.2 Å². The second-order valence-electron chi connectivity index (χ2n) is 4.35. The van der Waals surface area contributed by atoms with Crippen LogP contribution < -0.4 is 10.5 Å². The van der Waals surface area contributed by atoms with Gasteiger partial charge in [0.1, 0.15) is 12.4 Å². The third-order valence-corrected chi connectivity index (χ3v) is 3.64. The van der Waals surface area contributed by atoms with Gasteiger partial charge in [-0.3, -0.25) is 0 Å². The van der Waals surface area contributed by atoms with Gasteiger partial charge in [-0.1, -0.05) is 34.1 Å². The zero-order valence-electron chi connectivity index (χ0n) is 11.6. The summed E-state index contributed by atoms with van der Waals surface area (Å²) in [6.45, 7) is 2.49. The van der Waals surface area contributed by atoms with Gasteiger partial charge in [0.25, 0.3) is 0 Å². The zero-order valence-corrected chi connectivity index (χ0v) is 13.2. The molecule has 0 heterocycles. The maximum Gasteiger partial charge on any atom is 0.338 e. The largest absolute Gasteiger partial charge is 0.487 e. The summed E-state index contributed by atoms with van der Waals surface area (Å²) in [5.41, 5.74) is 7.76. The molecule has 21 heavy (non-hydrogen) atoms. The average molecular weight is 350 g/mol. The summed E-state index contributed by atoms with van der Waals surface area (Å²) in [7, 11) is 0. The molecule has 2 aromatic carbocycles. The number of benzene rings is 2. The zero-order chi connectivity index (χ0) is 15.2. The van der Waals surface area contributed by atoms with Crippen molar-refractivity contribution in [2.75, 3.05) is 12.3 Å². The standard InChI is InChI=1S/C16H16BrNO3/c1-2-20-16(19)11-7-8-15(14(18)9-11)21-10-12-5-3-4-6-13(12)17/h3-9H,2,10,18H2,1H3. The van der Waals surface area contributed by atoms with Crippen LogP contribution in [0.15, 0.2) is 46.9 Å². The van der Waals surface area contributed by atoms with E-state index in [9.17, 15) is 4.79 Å². The predicted molar refractivity (Wildman–Crippen MR) is 85.3 cm³/mol. The molecule has 0 fully saturated rings. The van der Waals surface area contributed by atoms with E-state index in [1.807, 2.05) is 24.3 Å². The molecule has 0 saturated carbocycles. The molecule has 0 aromatic heterocycles. The Morgan fingerprint density at radius 3 is 2.67 bits per heavy atom. The van der Waals surface area contributed by atoms with Gasteiger partial charge < -0.3 is 15.2 Å². The average Bonchev–Trinajstić information content (AvgIpc) is 2.47. The molecular formula is C16H16BrNO3. The molecule has 4 nitrogen and oxygen atoms in total. The molecule has 0 aliphatic heterocycles. The van der Waals surface area contributed by atoms with Crippen molar-refractivity contribution in [3.8, 4) is 5.75 Å². The Morgan fingerprint density at radius 1 is 1.24 bits per heavy atom. The topological polar surface area (TPSA) is 61.5 Å². The maximum atomic E-state index is 11.6. The molecule has 0 radical (unpaired) electrons. The van der Waals surface area contributed by atoms with E-state index in [0.29, 0.717) is 30.2 Å². The molecule has 2 rings (SSSR count). The molecule has 110 valence electrons. The summed E-state index contributed by atoms with van der Waals surface area (Å²) in [5, 5.41) is 0. The number of hydrogen-bond acceptors (Lipinski definition) is 4. The van der Waals surface area contributed by atoms with E-state index in [1.54, 1.807) is 25.1 Å². The molecule has 0 unspecified atom stereocenters. The summed E-state index contributed by atoms with van der Waals surface area (Å²) in [6.07, 6.45) is 0. The lowest BCUT2D eigenvalue weighted by atomic mass is 10.2. The van der Waals surface area contributed by atoms with Crippen LogP contribution in [0.25, 0.3) is 0 Å². The first-order chi connectivity index (χ1) is 10.1. The van der Waals surface area contributed by atoms with Crippen LogP contribution in [0, 0.1) is 0 Å². The molecule has 2 N–H and O–H groups in total. The van der Waals surface area contributed by atoms with Gasteiger partial charge in [0.05, 0.1) is 17.9 Å². The molecule has 0 saturated heterocycles. The van der Waals surface area contributed by atoms with Crippen LogP contribution in [0.3, 0.4) is 0 Å². The predicted octanol–water partition coefficient (Wildman–Crippen LogP) is 3.79. The summed E-state index contributed by atoms with van der Waals surface area (Å²) < 4.78 is 11.6. The third kappa shape index (κ3) is 3.98. The number of esters is 1. The van der Waals surface area contributed by atoms with Gasteiger partial charge in [-0.2, -0.15) is 0 Å². The number of nitrogen functional groups attached to an aromatic ring is 1. The van der Waals surface area contributed by atoms with Crippen LogP contribution in [0.5, 0.6) is 5.75 Å². The minimum Gasteiger partial charge on any atom is -0.487 e. The number of hydrogen-bond donors (Lipinski definition) is 1. The van der Waals surface area contributed by atoms with Gasteiger partial charge >= 0.3 is 5.97 Å². The minimum atomic E-state index is -0.387. The Kier molecular flexibility index (Phi) is 5.22. The number of carbonyl (C=O) groups excluding carboxylic acids is 1. The fraction of sp³-hybridized carbons (Fsp3) is 0.188. The molecule has 0 amide bonds. The van der Waals surface area contributed by atoms with Crippen molar-refractivity contribution in [2.24, 2.45) is 0 Å². The Morgan fingerprint density at radius 2 is 2.00 bits per heavy atom. The van der Waals surface area contributed by atoms with Crippen molar-refractivity contribution in [3.05, 3.63) is 58.1 Å². The second-order valence-corrected chi connectivity index (χ2v) is 5.21. The van der Waals surface area contributed by atoms with E-state index in [4.69, 9.17) is 15.2 Å². The maximum absolute atomic E-state index is 11.6. The Labute approximate surface area is 132 Å². The second kappa shape index (κ2) is 7.13. The SMILES string of the molecule is CCOC(=O)c1ccc(OCc2ccccc2Br)c(N)c1. The first kappa shape index (κ1) is 15.4. The van der Waals surface area contributed by atoms with Crippen molar-refractivity contribution < 1.29 is 14.3 Å². The van der Waals surface area contributed by atoms with E-state index < -0.39 is 0 Å². The van der Waals surface area contributed by atoms with E-state index in [0.717, 1.165) is 10.0 Å². The van der Waals surface area contributed by atoms with Crippen molar-refractivity contribution in [1.82, 2.24) is 0 Å². The number of rotatable bonds is 5. The summed E-state index contributed by atoms with van der Waals surface area (Å²) in [6, 6.07) is 12.7. The van der Waals surface area contributed by atoms with E-state index in [1.165, 1.54) is 0 Å². The van der Waals surface area contributed by atoms with Gasteiger partial charge in [-0.15, -0.1) is 0 Å². The first-order valence-corrected chi connectivity index (χ1v) is 7.34. The van der Waals surface area contributed by atoms with Crippen LogP contribution in [-0.4, -0.2) is 12.6 Å². The van der Waals surface area contributed by atoms with Gasteiger partial charge in [-0.25, -0.2) is 4.79 Å². The fourth-order valence-corrected chi connectivity index (χ4v) is 2.19. The number of carbonyl (C=O) groups is 1. The van der Waals surface area contributed by atoms with Gasteiger partial charge in [0, 0.05) is 10.0 Å². The lowest BCUT2D eigenvalue weighted by Gasteiger charge is -2.11. The van der Waals surface area contributed by atoms with Crippen molar-refractivity contribution in [2.45, 2.75) is 13.5 Å². The van der Waals surface area contributed by atoms with Crippen LogP contribution in [0.2, 0.25) is 0 Å². The quantitative estimate of drug-likeness (QED) is 0.658. The Hall–Kier alpha value is -2.01. The monoisotopic (exact) mass is 349 g/mol. The Balaban J connectivity index is 2.08. The van der Waals surface area contributed by atoms with Crippen LogP contribution in [-0.2, 0) is 11.3 Å². The molecule has 0 aliphatic rings. The fourth-order valence-electron chi connectivity index (χ4n) is 1.79. The molecule has 0 bridgehead atoms. The molecule has 0 aliphatic carbocycles. The number of anilines is 1. The van der Waals surface area contributed by atoms with E-state index in [-0.39, 0.29) is 5.97 Å². The van der Waals surface area contributed by atoms with Crippen molar-refractivity contribution in [3.63, 3.8) is 0 Å². The first-order valence-electron chi connectivity index (χ1n) is 6.54. The van der Waals surface area contributed by atoms with E-state index >= 15 is 0 Å². The molecular weight excluding hydrogens is 334 g/mol. The summed E-state index contributed by atoms with van der Waals surface area (Å²) >= 11 is 3.46. The van der Waals surface area contributed by atoms with Gasteiger partial charge in [0.15, 0.2) is 0 Å². The van der Waals surface area contributed by atoms with Crippen LogP contribution in [0.4, 0.5) is 5.69 Å². The molecule has 0 atom stereocenters. The number of ether oxygens (including phenoxy) is 2. The van der Waals surface area contributed by atoms with Crippen LogP contribution in [0.1, 0.15) is 22.8 Å². The summed E-state index contributed by atoms with van der Waals surface area (Å²) in [4.78, 5) is 11.6. The lowest BCUT2D eigenvalue weighted by molar-refractivity contribution is 0.0526. The Bertz CT molecular complexity index is 643. The van der Waals surface area contributed by atoms with E-state index in [2.05, 4.69) is 15.9 Å². The molecule has 0 spiro atoms. The highest BCUT2D eigenvalue weighted by Gasteiger charge is 2.10. The van der Waals surface area contributed by atoms with Crippen molar-refractivity contribution >= 4 is 27.6 Å². The lowest BCUT2D eigenvalue weighted by Crippen LogP contribution is -2.06. The van der Waals surface area contributed by atoms with Crippen LogP contribution >= 0.6 is 15.9 Å². The number of nitrogens with two attached hydrogens (primary N) is 1. The van der Waals surface area contributed by atoms with Crippen molar-refractivity contribution in [1.29, 1.82) is 0 Å². The highest BCUT2D eigenvalue weighted by Crippen LogP contribution is 2.25. The summed E-state index contributed by atoms with van der Waals surface area (Å²) in [5.74, 6) is 0.153. The highest BCUT2D eigenvalue weighted by molar-refractivity contribution is 9.10. The minimum absolute atomic E-state index is 0.332. The highest BCUT2D eigenvalue weighted by atomic mass is 79.9. The normalized spacial score (nSPS) is 10.2. The smallest absolute Gasteiger partial charge is 0.338 e. The van der Waals surface area contributed by atoms with Gasteiger partial charge in [0.2, 0.25) is 0 Å². The number of halogens is 1.